The number of carboxylic acid groups (broad SMARTS) is 1. The van der Waals surface area contributed by atoms with Gasteiger partial charge in [-0.1, -0.05) is 11.8 Å². The number of hydrogen-bond acceptors (Lipinski definition) is 4. The van der Waals surface area contributed by atoms with Crippen LogP contribution in [0.3, 0.4) is 0 Å². The molecule has 2 heterocycles. The van der Waals surface area contributed by atoms with Crippen LogP contribution in [0.1, 0.15) is 16.1 Å². The topological polar surface area (TPSA) is 70.8 Å². The van der Waals surface area contributed by atoms with E-state index in [1.54, 1.807) is 4.90 Å². The molecule has 1 fully saturated rings. The van der Waals surface area contributed by atoms with Gasteiger partial charge in [-0.25, -0.2) is 4.79 Å². The first-order chi connectivity index (χ1) is 7.18. The van der Waals surface area contributed by atoms with Crippen LogP contribution in [-0.2, 0) is 6.54 Å². The molecule has 0 radical (unpaired) electrons. The van der Waals surface area contributed by atoms with Crippen molar-refractivity contribution in [1.29, 1.82) is 0 Å². The fourth-order valence-electron chi connectivity index (χ4n) is 1.40. The Labute approximate surface area is 90.0 Å². The molecule has 0 bridgehead atoms. The monoisotopic (exact) mass is 227 g/mol. The number of carbonyl (C=O) groups is 2. The van der Waals surface area contributed by atoms with E-state index >= 15 is 0 Å². The fraction of sp³-hybridized carbons (Fsp3) is 0.333. The summed E-state index contributed by atoms with van der Waals surface area (Å²) in [6, 6.07) is 1.39. The SMILES string of the molecule is O=C(O)c1ccoc1CN1CCSC1=O. The highest BCUT2D eigenvalue weighted by molar-refractivity contribution is 8.13. The average molecular weight is 227 g/mol. The average Bonchev–Trinajstić information content (AvgIpc) is 2.77. The predicted octanol–water partition coefficient (Wildman–Crippen LogP) is 1.65. The summed E-state index contributed by atoms with van der Waals surface area (Å²) in [6.07, 6.45) is 1.33. The van der Waals surface area contributed by atoms with Crippen molar-refractivity contribution in [2.24, 2.45) is 0 Å². The summed E-state index contributed by atoms with van der Waals surface area (Å²) >= 11 is 1.24. The zero-order valence-electron chi connectivity index (χ0n) is 7.80. The van der Waals surface area contributed by atoms with Gasteiger partial charge in [0.1, 0.15) is 11.3 Å². The molecular formula is C9H9NO4S. The minimum atomic E-state index is -1.03. The van der Waals surface area contributed by atoms with Crippen molar-refractivity contribution in [2.75, 3.05) is 12.3 Å². The van der Waals surface area contributed by atoms with Gasteiger partial charge in [0.15, 0.2) is 0 Å². The number of carbonyl (C=O) groups excluding carboxylic acids is 1. The Morgan fingerprint density at radius 2 is 2.47 bits per heavy atom. The molecule has 1 aromatic rings. The van der Waals surface area contributed by atoms with Crippen molar-refractivity contribution < 1.29 is 19.1 Å². The Hall–Kier alpha value is -1.43. The zero-order valence-corrected chi connectivity index (χ0v) is 8.62. The third kappa shape index (κ3) is 1.99. The molecule has 80 valence electrons. The van der Waals surface area contributed by atoms with Crippen molar-refractivity contribution in [2.45, 2.75) is 6.54 Å². The molecule has 0 atom stereocenters. The summed E-state index contributed by atoms with van der Waals surface area (Å²) in [4.78, 5) is 23.6. The van der Waals surface area contributed by atoms with E-state index in [-0.39, 0.29) is 17.3 Å². The van der Waals surface area contributed by atoms with Crippen LogP contribution < -0.4 is 0 Å². The van der Waals surface area contributed by atoms with E-state index in [0.29, 0.717) is 12.3 Å². The largest absolute Gasteiger partial charge is 0.478 e. The quantitative estimate of drug-likeness (QED) is 0.850. The normalized spacial score (nSPS) is 16.0. The molecule has 0 aromatic carbocycles. The first-order valence-corrected chi connectivity index (χ1v) is 5.38. The highest BCUT2D eigenvalue weighted by Crippen LogP contribution is 2.21. The van der Waals surface area contributed by atoms with Crippen LogP contribution in [0, 0.1) is 0 Å². The fourth-order valence-corrected chi connectivity index (χ4v) is 2.22. The molecule has 1 aliphatic heterocycles. The number of aromatic carboxylic acids is 1. The molecule has 0 spiro atoms. The van der Waals surface area contributed by atoms with E-state index < -0.39 is 5.97 Å². The Morgan fingerprint density at radius 3 is 3.07 bits per heavy atom. The molecule has 1 aliphatic rings. The molecule has 6 heteroatoms. The van der Waals surface area contributed by atoms with Crippen LogP contribution in [0.25, 0.3) is 0 Å². The molecule has 1 saturated heterocycles. The number of thioether (sulfide) groups is 1. The first-order valence-electron chi connectivity index (χ1n) is 4.40. The van der Waals surface area contributed by atoms with Gasteiger partial charge in [0.25, 0.3) is 5.24 Å². The predicted molar refractivity (Wildman–Crippen MR) is 53.9 cm³/mol. The number of hydrogen-bond donors (Lipinski definition) is 1. The maximum atomic E-state index is 11.3. The van der Waals surface area contributed by atoms with Crippen LogP contribution >= 0.6 is 11.8 Å². The lowest BCUT2D eigenvalue weighted by molar-refractivity contribution is 0.0693. The number of rotatable bonds is 3. The maximum Gasteiger partial charge on any atom is 0.339 e. The second kappa shape index (κ2) is 3.98. The highest BCUT2D eigenvalue weighted by atomic mass is 32.2. The molecule has 1 aromatic heterocycles. The summed E-state index contributed by atoms with van der Waals surface area (Å²) < 4.78 is 5.05. The van der Waals surface area contributed by atoms with Crippen LogP contribution in [0.4, 0.5) is 4.79 Å². The van der Waals surface area contributed by atoms with E-state index in [4.69, 9.17) is 9.52 Å². The van der Waals surface area contributed by atoms with Gasteiger partial charge in [0.05, 0.1) is 12.8 Å². The lowest BCUT2D eigenvalue weighted by Gasteiger charge is -2.12. The lowest BCUT2D eigenvalue weighted by Crippen LogP contribution is -2.23. The molecule has 2 rings (SSSR count). The van der Waals surface area contributed by atoms with Crippen LogP contribution in [-0.4, -0.2) is 33.5 Å². The summed E-state index contributed by atoms with van der Waals surface area (Å²) in [5, 5.41) is 8.80. The van der Waals surface area contributed by atoms with Crippen LogP contribution in [0.15, 0.2) is 16.7 Å². The lowest BCUT2D eigenvalue weighted by atomic mass is 10.2. The Morgan fingerprint density at radius 1 is 1.67 bits per heavy atom. The van der Waals surface area contributed by atoms with Crippen molar-refractivity contribution in [3.8, 4) is 0 Å². The van der Waals surface area contributed by atoms with Gasteiger partial charge < -0.3 is 14.4 Å². The third-order valence-corrected chi connectivity index (χ3v) is 3.05. The van der Waals surface area contributed by atoms with Crippen molar-refractivity contribution in [3.63, 3.8) is 0 Å². The molecular weight excluding hydrogens is 218 g/mol. The summed E-state index contributed by atoms with van der Waals surface area (Å²) in [7, 11) is 0. The Bertz CT molecular complexity index is 401. The number of carboxylic acids is 1. The standard InChI is InChI=1S/C9H9NO4S/c11-8(12)6-1-3-14-7(6)5-10-2-4-15-9(10)13/h1,3H,2,4-5H2,(H,11,12). The van der Waals surface area contributed by atoms with Gasteiger partial charge in [0, 0.05) is 12.3 Å². The third-order valence-electron chi connectivity index (χ3n) is 2.16. The second-order valence-corrected chi connectivity index (χ2v) is 4.14. The van der Waals surface area contributed by atoms with Crippen LogP contribution in [0.5, 0.6) is 0 Å². The summed E-state index contributed by atoms with van der Waals surface area (Å²) in [5.41, 5.74) is 0.125. The van der Waals surface area contributed by atoms with Crippen molar-refractivity contribution in [1.82, 2.24) is 4.90 Å². The summed E-state index contributed by atoms with van der Waals surface area (Å²) in [6.45, 7) is 0.879. The molecule has 0 saturated carbocycles. The Balaban J connectivity index is 2.13. The molecule has 1 N–H and O–H groups in total. The van der Waals surface area contributed by atoms with E-state index in [1.807, 2.05) is 0 Å². The maximum absolute atomic E-state index is 11.3. The second-order valence-electron chi connectivity index (χ2n) is 3.10. The van der Waals surface area contributed by atoms with Gasteiger partial charge in [-0.3, -0.25) is 4.79 Å². The van der Waals surface area contributed by atoms with E-state index in [1.165, 1.54) is 24.1 Å². The molecule has 1 amide bonds. The van der Waals surface area contributed by atoms with Crippen molar-refractivity contribution in [3.05, 3.63) is 23.7 Å². The minimum Gasteiger partial charge on any atom is -0.478 e. The number of furan rings is 1. The van der Waals surface area contributed by atoms with Gasteiger partial charge in [-0.2, -0.15) is 0 Å². The Kier molecular flexibility index (Phi) is 2.68. The van der Waals surface area contributed by atoms with Gasteiger partial charge in [-0.15, -0.1) is 0 Å². The molecule has 15 heavy (non-hydrogen) atoms. The van der Waals surface area contributed by atoms with Crippen molar-refractivity contribution >= 4 is 23.0 Å². The zero-order chi connectivity index (χ0) is 10.8. The molecule has 0 aliphatic carbocycles. The molecule has 0 unspecified atom stereocenters. The van der Waals surface area contributed by atoms with E-state index in [2.05, 4.69) is 0 Å². The number of amides is 1. The number of nitrogens with zero attached hydrogens (tertiary/aromatic N) is 1. The van der Waals surface area contributed by atoms with Gasteiger partial charge in [-0.05, 0) is 6.07 Å². The first kappa shape index (κ1) is 10.1. The van der Waals surface area contributed by atoms with E-state index in [9.17, 15) is 9.59 Å². The summed E-state index contributed by atoms with van der Waals surface area (Å²) in [5.74, 6) is 0.0542. The van der Waals surface area contributed by atoms with Gasteiger partial charge in [0.2, 0.25) is 0 Å². The van der Waals surface area contributed by atoms with E-state index in [0.717, 1.165) is 5.75 Å². The van der Waals surface area contributed by atoms with Gasteiger partial charge >= 0.3 is 5.97 Å². The molecule has 5 nitrogen and oxygen atoms in total. The minimum absolute atomic E-state index is 0.0252. The van der Waals surface area contributed by atoms with Crippen LogP contribution in [0.2, 0.25) is 0 Å². The smallest absolute Gasteiger partial charge is 0.339 e. The highest BCUT2D eigenvalue weighted by Gasteiger charge is 2.24.